The van der Waals surface area contributed by atoms with Crippen molar-refractivity contribution < 1.29 is 5.11 Å². The van der Waals surface area contributed by atoms with Crippen molar-refractivity contribution >= 4 is 15.9 Å². The van der Waals surface area contributed by atoms with Gasteiger partial charge in [-0.3, -0.25) is 0 Å². The van der Waals surface area contributed by atoms with Gasteiger partial charge in [0.25, 0.3) is 0 Å². The predicted octanol–water partition coefficient (Wildman–Crippen LogP) is 4.42. The fourth-order valence-corrected chi connectivity index (χ4v) is 2.30. The molecule has 1 unspecified atom stereocenters. The van der Waals surface area contributed by atoms with Crippen LogP contribution in [0.4, 0.5) is 0 Å². The van der Waals surface area contributed by atoms with Crippen LogP contribution in [0.25, 0.3) is 0 Å². The summed E-state index contributed by atoms with van der Waals surface area (Å²) in [5, 5.41) is 10.2. The second-order valence-corrected chi connectivity index (χ2v) is 8.14. The molecule has 16 heavy (non-hydrogen) atoms. The van der Waals surface area contributed by atoms with Gasteiger partial charge in [0.15, 0.2) is 0 Å². The van der Waals surface area contributed by atoms with E-state index in [4.69, 9.17) is 0 Å². The molecule has 0 radical (unpaired) electrons. The molecule has 0 spiro atoms. The number of halogens is 1. The van der Waals surface area contributed by atoms with Crippen LogP contribution in [0.15, 0.2) is 23.3 Å². The Morgan fingerprint density at radius 3 is 2.00 bits per heavy atom. The van der Waals surface area contributed by atoms with Crippen molar-refractivity contribution in [2.24, 2.45) is 10.8 Å². The van der Waals surface area contributed by atoms with Crippen LogP contribution in [-0.2, 0) is 0 Å². The van der Waals surface area contributed by atoms with Crippen LogP contribution in [0.1, 0.15) is 48.0 Å². The van der Waals surface area contributed by atoms with Gasteiger partial charge in [0.05, 0.1) is 0 Å². The van der Waals surface area contributed by atoms with E-state index in [9.17, 15) is 5.11 Å². The monoisotopic (exact) mass is 286 g/mol. The molecule has 0 bridgehead atoms. The van der Waals surface area contributed by atoms with E-state index in [2.05, 4.69) is 63.5 Å². The third-order valence-electron chi connectivity index (χ3n) is 2.97. The maximum Gasteiger partial charge on any atom is 0.142 e. The van der Waals surface area contributed by atoms with Crippen LogP contribution in [0.2, 0.25) is 0 Å². The van der Waals surface area contributed by atoms with Crippen molar-refractivity contribution in [1.29, 1.82) is 0 Å². The summed E-state index contributed by atoms with van der Waals surface area (Å²) in [5.41, 5.74) is 2.66. The molecule has 0 saturated carbocycles. The lowest BCUT2D eigenvalue weighted by atomic mass is 9.74. The average molecular weight is 287 g/mol. The predicted molar refractivity (Wildman–Crippen MR) is 73.6 cm³/mol. The molecule has 0 amide bonds. The first-order valence-corrected chi connectivity index (χ1v) is 6.57. The summed E-state index contributed by atoms with van der Waals surface area (Å²) in [7, 11) is 0. The van der Waals surface area contributed by atoms with Crippen molar-refractivity contribution in [3.05, 3.63) is 23.3 Å². The first-order chi connectivity index (χ1) is 6.92. The SMILES string of the molecule is CC(C)(C)C1=CC(O)(Br)CC(C(C)(C)C)=C1. The van der Waals surface area contributed by atoms with Crippen LogP contribution in [0, 0.1) is 10.8 Å². The molecule has 0 saturated heterocycles. The smallest absolute Gasteiger partial charge is 0.142 e. The van der Waals surface area contributed by atoms with Gasteiger partial charge in [-0.15, -0.1) is 0 Å². The van der Waals surface area contributed by atoms with E-state index < -0.39 is 4.51 Å². The highest BCUT2D eigenvalue weighted by Crippen LogP contribution is 2.43. The molecule has 0 fully saturated rings. The molecule has 1 N–H and O–H groups in total. The number of aliphatic hydroxyl groups is 1. The van der Waals surface area contributed by atoms with Gasteiger partial charge in [-0.2, -0.15) is 0 Å². The van der Waals surface area contributed by atoms with Crippen molar-refractivity contribution in [1.82, 2.24) is 0 Å². The topological polar surface area (TPSA) is 20.2 Å². The van der Waals surface area contributed by atoms with E-state index in [1.165, 1.54) is 11.1 Å². The van der Waals surface area contributed by atoms with Gasteiger partial charge in [0.1, 0.15) is 4.51 Å². The van der Waals surface area contributed by atoms with E-state index in [1.807, 2.05) is 6.08 Å². The standard InChI is InChI=1S/C14H23BrO/c1-12(2,3)10-7-11(13(4,5)6)9-14(15,16)8-10/h7-8,16H,9H2,1-6H3. The molecule has 0 aromatic heterocycles. The van der Waals surface area contributed by atoms with Gasteiger partial charge in [-0.05, 0) is 38.4 Å². The summed E-state index contributed by atoms with van der Waals surface area (Å²) in [4.78, 5) is 0. The van der Waals surface area contributed by atoms with Crippen molar-refractivity contribution in [2.45, 2.75) is 52.5 Å². The summed E-state index contributed by atoms with van der Waals surface area (Å²) >= 11 is 3.40. The molecule has 1 atom stereocenters. The molecule has 92 valence electrons. The highest BCUT2D eigenvalue weighted by atomic mass is 79.9. The minimum Gasteiger partial charge on any atom is -0.375 e. The molecule has 1 aliphatic rings. The van der Waals surface area contributed by atoms with Crippen molar-refractivity contribution in [3.8, 4) is 0 Å². The second kappa shape index (κ2) is 3.99. The Bertz CT molecular complexity index is 335. The molecular weight excluding hydrogens is 264 g/mol. The van der Waals surface area contributed by atoms with E-state index >= 15 is 0 Å². The lowest BCUT2D eigenvalue weighted by Crippen LogP contribution is -2.28. The normalized spacial score (nSPS) is 27.5. The van der Waals surface area contributed by atoms with E-state index in [0.717, 1.165) is 0 Å². The Morgan fingerprint density at radius 2 is 1.62 bits per heavy atom. The number of hydrogen-bond acceptors (Lipinski definition) is 1. The number of alkyl halides is 1. The zero-order chi connectivity index (χ0) is 12.8. The third kappa shape index (κ3) is 3.46. The average Bonchev–Trinajstić information content (AvgIpc) is 1.97. The molecule has 0 aromatic carbocycles. The zero-order valence-corrected chi connectivity index (χ0v) is 12.8. The number of hydrogen-bond donors (Lipinski definition) is 1. The fraction of sp³-hybridized carbons (Fsp3) is 0.714. The third-order valence-corrected chi connectivity index (χ3v) is 3.48. The molecule has 1 rings (SSSR count). The van der Waals surface area contributed by atoms with Crippen molar-refractivity contribution in [3.63, 3.8) is 0 Å². The van der Waals surface area contributed by atoms with Crippen LogP contribution >= 0.6 is 15.9 Å². The Balaban J connectivity index is 3.19. The van der Waals surface area contributed by atoms with Gasteiger partial charge in [-0.25, -0.2) is 0 Å². The van der Waals surface area contributed by atoms with Crippen molar-refractivity contribution in [2.75, 3.05) is 0 Å². The first-order valence-electron chi connectivity index (χ1n) is 5.77. The fourth-order valence-electron chi connectivity index (χ4n) is 1.75. The van der Waals surface area contributed by atoms with Gasteiger partial charge >= 0.3 is 0 Å². The Labute approximate surface area is 108 Å². The lowest BCUT2D eigenvalue weighted by Gasteiger charge is -2.35. The van der Waals surface area contributed by atoms with E-state index in [0.29, 0.717) is 6.42 Å². The molecule has 2 heteroatoms. The van der Waals surface area contributed by atoms with Gasteiger partial charge < -0.3 is 5.11 Å². The quantitative estimate of drug-likeness (QED) is 0.654. The summed E-state index contributed by atoms with van der Waals surface area (Å²) in [6.07, 6.45) is 4.84. The largest absolute Gasteiger partial charge is 0.375 e. The Morgan fingerprint density at radius 1 is 1.12 bits per heavy atom. The maximum absolute atomic E-state index is 10.2. The Hall–Kier alpha value is -0.0800. The van der Waals surface area contributed by atoms with Gasteiger partial charge in [0.2, 0.25) is 0 Å². The lowest BCUT2D eigenvalue weighted by molar-refractivity contribution is 0.182. The summed E-state index contributed by atoms with van der Waals surface area (Å²) in [5.74, 6) is 0. The maximum atomic E-state index is 10.2. The molecule has 0 heterocycles. The highest BCUT2D eigenvalue weighted by molar-refractivity contribution is 9.10. The van der Waals surface area contributed by atoms with E-state index in [1.54, 1.807) is 0 Å². The minimum atomic E-state index is -0.882. The molecule has 0 aromatic rings. The first kappa shape index (κ1) is 14.0. The second-order valence-electron chi connectivity index (χ2n) is 6.76. The minimum absolute atomic E-state index is 0.0681. The van der Waals surface area contributed by atoms with Gasteiger partial charge in [-0.1, -0.05) is 53.2 Å². The molecule has 0 aliphatic heterocycles. The van der Waals surface area contributed by atoms with Crippen LogP contribution in [0.5, 0.6) is 0 Å². The van der Waals surface area contributed by atoms with Gasteiger partial charge in [0, 0.05) is 6.42 Å². The van der Waals surface area contributed by atoms with Crippen LogP contribution < -0.4 is 0 Å². The summed E-state index contributed by atoms with van der Waals surface area (Å²) in [6, 6.07) is 0. The number of rotatable bonds is 0. The summed E-state index contributed by atoms with van der Waals surface area (Å²) < 4.78 is -0.882. The zero-order valence-electron chi connectivity index (χ0n) is 11.2. The molecule has 1 nitrogen and oxygen atoms in total. The highest BCUT2D eigenvalue weighted by Gasteiger charge is 2.33. The van der Waals surface area contributed by atoms with E-state index in [-0.39, 0.29) is 10.8 Å². The Kier molecular flexibility index (Phi) is 3.49. The summed E-state index contributed by atoms with van der Waals surface area (Å²) in [6.45, 7) is 13.1. The van der Waals surface area contributed by atoms with Crippen LogP contribution in [0.3, 0.4) is 0 Å². The molecule has 1 aliphatic carbocycles. The number of allylic oxidation sites excluding steroid dienone is 2. The van der Waals surface area contributed by atoms with Crippen LogP contribution in [-0.4, -0.2) is 9.62 Å². The molecular formula is C14H23BrO.